The van der Waals surface area contributed by atoms with E-state index in [9.17, 15) is 0 Å². The highest BCUT2D eigenvalue weighted by Gasteiger charge is 2.15. The Morgan fingerprint density at radius 1 is 1.50 bits per heavy atom. The van der Waals surface area contributed by atoms with Gasteiger partial charge in [0.25, 0.3) is 0 Å². The standard InChI is InChI=1S/C11H19NOS/c1-9-5-6-14-10(9)7-12-8-11(2,3)13-4/h5-6,12H,7-8H2,1-4H3. The molecule has 0 aromatic carbocycles. The first-order chi connectivity index (χ1) is 6.55. The molecule has 1 heterocycles. The Morgan fingerprint density at radius 2 is 2.21 bits per heavy atom. The van der Waals surface area contributed by atoms with Crippen LogP contribution in [0.5, 0.6) is 0 Å². The number of methoxy groups -OCH3 is 1. The van der Waals surface area contributed by atoms with Crippen molar-refractivity contribution in [2.45, 2.75) is 32.9 Å². The van der Waals surface area contributed by atoms with Crippen LogP contribution in [0.25, 0.3) is 0 Å². The number of hydrogen-bond acceptors (Lipinski definition) is 3. The van der Waals surface area contributed by atoms with Crippen molar-refractivity contribution in [3.05, 3.63) is 21.9 Å². The fraction of sp³-hybridized carbons (Fsp3) is 0.636. The Balaban J connectivity index is 2.32. The topological polar surface area (TPSA) is 21.3 Å². The van der Waals surface area contributed by atoms with Crippen molar-refractivity contribution in [1.82, 2.24) is 5.32 Å². The van der Waals surface area contributed by atoms with Gasteiger partial charge in [0.1, 0.15) is 0 Å². The van der Waals surface area contributed by atoms with Crippen LogP contribution in [0.2, 0.25) is 0 Å². The number of nitrogens with one attached hydrogen (secondary N) is 1. The summed E-state index contributed by atoms with van der Waals surface area (Å²) < 4.78 is 5.33. The van der Waals surface area contributed by atoms with E-state index in [1.807, 2.05) is 0 Å². The van der Waals surface area contributed by atoms with E-state index in [0.717, 1.165) is 13.1 Å². The SMILES string of the molecule is COC(C)(C)CNCc1sccc1C. The van der Waals surface area contributed by atoms with Crippen LogP contribution in [0.1, 0.15) is 24.3 Å². The van der Waals surface area contributed by atoms with Gasteiger partial charge < -0.3 is 10.1 Å². The predicted molar refractivity (Wildman–Crippen MR) is 61.9 cm³/mol. The zero-order valence-corrected chi connectivity index (χ0v) is 10.2. The second kappa shape index (κ2) is 4.91. The van der Waals surface area contributed by atoms with E-state index in [-0.39, 0.29) is 5.60 Å². The molecule has 0 aliphatic rings. The third kappa shape index (κ3) is 3.40. The average Bonchev–Trinajstić information content (AvgIpc) is 2.52. The molecule has 1 rings (SSSR count). The molecule has 3 heteroatoms. The maximum Gasteiger partial charge on any atom is 0.0746 e. The van der Waals surface area contributed by atoms with Crippen LogP contribution in [0, 0.1) is 6.92 Å². The van der Waals surface area contributed by atoms with Gasteiger partial charge in [-0.2, -0.15) is 0 Å². The summed E-state index contributed by atoms with van der Waals surface area (Å²) in [6, 6.07) is 2.16. The predicted octanol–water partition coefficient (Wildman–Crippen LogP) is 2.57. The maximum absolute atomic E-state index is 5.33. The van der Waals surface area contributed by atoms with Gasteiger partial charge in [0.05, 0.1) is 5.60 Å². The monoisotopic (exact) mass is 213 g/mol. The van der Waals surface area contributed by atoms with Crippen molar-refractivity contribution < 1.29 is 4.74 Å². The lowest BCUT2D eigenvalue weighted by Gasteiger charge is -2.23. The van der Waals surface area contributed by atoms with Gasteiger partial charge in [-0.1, -0.05) is 0 Å². The lowest BCUT2D eigenvalue weighted by molar-refractivity contribution is 0.0231. The quantitative estimate of drug-likeness (QED) is 0.811. The second-order valence-electron chi connectivity index (χ2n) is 4.09. The third-order valence-electron chi connectivity index (χ3n) is 2.36. The number of ether oxygens (including phenoxy) is 1. The average molecular weight is 213 g/mol. The van der Waals surface area contributed by atoms with Gasteiger partial charge in [0.15, 0.2) is 0 Å². The second-order valence-corrected chi connectivity index (χ2v) is 5.09. The van der Waals surface area contributed by atoms with Crippen molar-refractivity contribution in [2.75, 3.05) is 13.7 Å². The minimum atomic E-state index is -0.0782. The van der Waals surface area contributed by atoms with Gasteiger partial charge in [-0.15, -0.1) is 11.3 Å². The highest BCUT2D eigenvalue weighted by molar-refractivity contribution is 7.10. The Kier molecular flexibility index (Phi) is 4.11. The Morgan fingerprint density at radius 3 is 2.71 bits per heavy atom. The molecule has 80 valence electrons. The summed E-state index contributed by atoms with van der Waals surface area (Å²) >= 11 is 1.80. The summed E-state index contributed by atoms with van der Waals surface area (Å²) in [5.74, 6) is 0. The van der Waals surface area contributed by atoms with Crippen molar-refractivity contribution in [1.29, 1.82) is 0 Å². The molecule has 0 bridgehead atoms. The molecule has 14 heavy (non-hydrogen) atoms. The molecule has 0 amide bonds. The van der Waals surface area contributed by atoms with Crippen molar-refractivity contribution in [3.8, 4) is 0 Å². The Bertz CT molecular complexity index is 281. The van der Waals surface area contributed by atoms with Gasteiger partial charge in [0, 0.05) is 25.1 Å². The van der Waals surface area contributed by atoms with E-state index in [0.29, 0.717) is 0 Å². The molecule has 1 aromatic heterocycles. The first-order valence-electron chi connectivity index (χ1n) is 4.84. The molecular weight excluding hydrogens is 194 g/mol. The zero-order chi connectivity index (χ0) is 10.6. The highest BCUT2D eigenvalue weighted by atomic mass is 32.1. The van der Waals surface area contributed by atoms with Crippen molar-refractivity contribution in [3.63, 3.8) is 0 Å². The molecule has 0 fully saturated rings. The van der Waals surface area contributed by atoms with Crippen molar-refractivity contribution >= 4 is 11.3 Å². The van der Waals surface area contributed by atoms with Crippen LogP contribution in [-0.4, -0.2) is 19.3 Å². The summed E-state index contributed by atoms with van der Waals surface area (Å²) in [7, 11) is 1.75. The minimum absolute atomic E-state index is 0.0782. The first kappa shape index (κ1) is 11.7. The molecule has 0 aliphatic heterocycles. The summed E-state index contributed by atoms with van der Waals surface area (Å²) in [5.41, 5.74) is 1.29. The summed E-state index contributed by atoms with van der Waals surface area (Å²) in [4.78, 5) is 1.41. The molecule has 0 saturated carbocycles. The number of thiophene rings is 1. The first-order valence-corrected chi connectivity index (χ1v) is 5.72. The molecule has 0 spiro atoms. The number of rotatable bonds is 5. The molecule has 0 radical (unpaired) electrons. The van der Waals surface area contributed by atoms with Gasteiger partial charge in [-0.05, 0) is 37.8 Å². The van der Waals surface area contributed by atoms with E-state index in [1.165, 1.54) is 10.4 Å². The molecule has 0 aliphatic carbocycles. The number of aryl methyl sites for hydroxylation is 1. The third-order valence-corrected chi connectivity index (χ3v) is 3.38. The molecule has 0 saturated heterocycles. The lowest BCUT2D eigenvalue weighted by Crippen LogP contribution is -2.36. The fourth-order valence-electron chi connectivity index (χ4n) is 1.13. The van der Waals surface area contributed by atoms with Gasteiger partial charge in [0.2, 0.25) is 0 Å². The Labute approximate surface area is 90.3 Å². The van der Waals surface area contributed by atoms with E-state index in [4.69, 9.17) is 4.74 Å². The van der Waals surface area contributed by atoms with Crippen LogP contribution in [0.4, 0.5) is 0 Å². The van der Waals surface area contributed by atoms with Gasteiger partial charge in [-0.3, -0.25) is 0 Å². The number of hydrogen-bond donors (Lipinski definition) is 1. The van der Waals surface area contributed by atoms with Crippen LogP contribution >= 0.6 is 11.3 Å². The van der Waals surface area contributed by atoms with E-state index >= 15 is 0 Å². The van der Waals surface area contributed by atoms with Crippen LogP contribution in [0.3, 0.4) is 0 Å². The van der Waals surface area contributed by atoms with Crippen LogP contribution < -0.4 is 5.32 Å². The smallest absolute Gasteiger partial charge is 0.0746 e. The largest absolute Gasteiger partial charge is 0.377 e. The van der Waals surface area contributed by atoms with Gasteiger partial charge >= 0.3 is 0 Å². The normalized spacial score (nSPS) is 12.0. The molecule has 2 nitrogen and oxygen atoms in total. The molecule has 0 unspecified atom stereocenters. The highest BCUT2D eigenvalue weighted by Crippen LogP contribution is 2.15. The summed E-state index contributed by atoms with van der Waals surface area (Å²) in [5, 5.41) is 5.54. The van der Waals surface area contributed by atoms with Crippen LogP contribution in [0.15, 0.2) is 11.4 Å². The minimum Gasteiger partial charge on any atom is -0.377 e. The molecule has 1 N–H and O–H groups in total. The molecule has 1 aromatic rings. The zero-order valence-electron chi connectivity index (χ0n) is 9.39. The van der Waals surface area contributed by atoms with E-state index in [1.54, 1.807) is 18.4 Å². The Hall–Kier alpha value is -0.380. The van der Waals surface area contributed by atoms with Gasteiger partial charge in [-0.25, -0.2) is 0 Å². The molecule has 0 atom stereocenters. The fourth-order valence-corrected chi connectivity index (χ4v) is 2.01. The summed E-state index contributed by atoms with van der Waals surface area (Å²) in [6.45, 7) is 8.13. The van der Waals surface area contributed by atoms with E-state index < -0.39 is 0 Å². The lowest BCUT2D eigenvalue weighted by atomic mass is 10.1. The van der Waals surface area contributed by atoms with Crippen LogP contribution in [-0.2, 0) is 11.3 Å². The van der Waals surface area contributed by atoms with E-state index in [2.05, 4.69) is 37.5 Å². The van der Waals surface area contributed by atoms with Crippen molar-refractivity contribution in [2.24, 2.45) is 0 Å². The molecular formula is C11H19NOS. The summed E-state index contributed by atoms with van der Waals surface area (Å²) in [6.07, 6.45) is 0. The maximum atomic E-state index is 5.33.